The SMILES string of the molecule is Cn1c(CNc2cccc(C(=O)N[C@H]3CCOc4ccccc43)c2)nnc1-c1ccncn1. The summed E-state index contributed by atoms with van der Waals surface area (Å²) in [5, 5.41) is 15.0. The van der Waals surface area contributed by atoms with E-state index in [4.69, 9.17) is 4.74 Å². The lowest BCUT2D eigenvalue weighted by Gasteiger charge is -2.26. The predicted molar refractivity (Wildman–Crippen MR) is 123 cm³/mol. The molecule has 33 heavy (non-hydrogen) atoms. The van der Waals surface area contributed by atoms with Gasteiger partial charge in [0.15, 0.2) is 11.6 Å². The highest BCUT2D eigenvalue weighted by atomic mass is 16.5. The van der Waals surface area contributed by atoms with E-state index in [2.05, 4.69) is 30.8 Å². The first-order chi connectivity index (χ1) is 16.2. The van der Waals surface area contributed by atoms with Crippen molar-refractivity contribution in [1.29, 1.82) is 0 Å². The number of anilines is 1. The molecule has 166 valence electrons. The highest BCUT2D eigenvalue weighted by molar-refractivity contribution is 5.95. The molecule has 3 heterocycles. The van der Waals surface area contributed by atoms with E-state index in [1.165, 1.54) is 6.33 Å². The van der Waals surface area contributed by atoms with Crippen molar-refractivity contribution in [3.05, 3.63) is 84.1 Å². The summed E-state index contributed by atoms with van der Waals surface area (Å²) < 4.78 is 7.58. The van der Waals surface area contributed by atoms with Crippen molar-refractivity contribution in [2.24, 2.45) is 7.05 Å². The molecule has 5 rings (SSSR count). The second kappa shape index (κ2) is 9.07. The number of para-hydroxylation sites is 1. The summed E-state index contributed by atoms with van der Waals surface area (Å²) in [6.45, 7) is 1.03. The molecule has 0 bridgehead atoms. The van der Waals surface area contributed by atoms with Crippen LogP contribution in [0.25, 0.3) is 11.5 Å². The third-order valence-electron chi connectivity index (χ3n) is 5.62. The van der Waals surface area contributed by atoms with Crippen LogP contribution >= 0.6 is 0 Å². The number of hydrogen-bond acceptors (Lipinski definition) is 7. The molecule has 0 unspecified atom stereocenters. The van der Waals surface area contributed by atoms with Crippen LogP contribution in [0.5, 0.6) is 5.75 Å². The molecule has 0 saturated heterocycles. The molecule has 1 atom stereocenters. The Bertz CT molecular complexity index is 1270. The predicted octanol–water partition coefficient (Wildman–Crippen LogP) is 3.14. The lowest BCUT2D eigenvalue weighted by molar-refractivity contribution is 0.0925. The number of benzene rings is 2. The average molecular weight is 441 g/mol. The number of hydrogen-bond donors (Lipinski definition) is 2. The van der Waals surface area contributed by atoms with Gasteiger partial charge in [-0.05, 0) is 30.3 Å². The van der Waals surface area contributed by atoms with Crippen molar-refractivity contribution >= 4 is 11.6 Å². The monoisotopic (exact) mass is 441 g/mol. The molecular formula is C24H23N7O2. The quantitative estimate of drug-likeness (QED) is 0.473. The average Bonchev–Trinajstić information content (AvgIpc) is 3.24. The van der Waals surface area contributed by atoms with E-state index < -0.39 is 0 Å². The molecule has 4 aromatic rings. The van der Waals surface area contributed by atoms with Gasteiger partial charge in [-0.2, -0.15) is 0 Å². The maximum atomic E-state index is 12.9. The Morgan fingerprint density at radius 2 is 2.06 bits per heavy atom. The molecule has 2 N–H and O–H groups in total. The van der Waals surface area contributed by atoms with Gasteiger partial charge in [-0.25, -0.2) is 9.97 Å². The van der Waals surface area contributed by atoms with Gasteiger partial charge in [-0.1, -0.05) is 24.3 Å². The Balaban J connectivity index is 1.26. The first-order valence-corrected chi connectivity index (χ1v) is 10.7. The zero-order valence-corrected chi connectivity index (χ0v) is 18.1. The Morgan fingerprint density at radius 3 is 2.94 bits per heavy atom. The smallest absolute Gasteiger partial charge is 0.251 e. The number of carbonyl (C=O) groups is 1. The molecule has 0 saturated carbocycles. The van der Waals surface area contributed by atoms with Gasteiger partial charge < -0.3 is 19.9 Å². The minimum atomic E-state index is -0.120. The molecule has 0 fully saturated rings. The van der Waals surface area contributed by atoms with E-state index >= 15 is 0 Å². The molecule has 2 aromatic carbocycles. The summed E-state index contributed by atoms with van der Waals surface area (Å²) in [6.07, 6.45) is 3.89. The summed E-state index contributed by atoms with van der Waals surface area (Å²) in [5.74, 6) is 2.12. The number of rotatable bonds is 6. The molecule has 0 radical (unpaired) electrons. The maximum Gasteiger partial charge on any atom is 0.251 e. The third-order valence-corrected chi connectivity index (χ3v) is 5.62. The van der Waals surface area contributed by atoms with Crippen molar-refractivity contribution in [2.75, 3.05) is 11.9 Å². The fraction of sp³-hybridized carbons (Fsp3) is 0.208. The minimum absolute atomic E-state index is 0.0714. The molecule has 1 amide bonds. The van der Waals surface area contributed by atoms with Gasteiger partial charge in [0.05, 0.1) is 19.2 Å². The number of aromatic nitrogens is 5. The summed E-state index contributed by atoms with van der Waals surface area (Å²) in [5.41, 5.74) is 3.12. The minimum Gasteiger partial charge on any atom is -0.493 e. The lowest BCUT2D eigenvalue weighted by Crippen LogP contribution is -2.32. The fourth-order valence-corrected chi connectivity index (χ4v) is 3.85. The Kier molecular flexibility index (Phi) is 5.67. The lowest BCUT2D eigenvalue weighted by atomic mass is 10.00. The largest absolute Gasteiger partial charge is 0.493 e. The molecular weight excluding hydrogens is 418 g/mol. The molecule has 9 nitrogen and oxygen atoms in total. The van der Waals surface area contributed by atoms with Gasteiger partial charge in [0, 0.05) is 36.5 Å². The van der Waals surface area contributed by atoms with Crippen LogP contribution in [0, 0.1) is 0 Å². The number of ether oxygens (including phenoxy) is 1. The van der Waals surface area contributed by atoms with Crippen molar-refractivity contribution in [3.63, 3.8) is 0 Å². The number of nitrogens with zero attached hydrogens (tertiary/aromatic N) is 5. The van der Waals surface area contributed by atoms with Gasteiger partial charge in [-0.3, -0.25) is 4.79 Å². The van der Waals surface area contributed by atoms with Crippen LogP contribution in [0.1, 0.15) is 34.2 Å². The van der Waals surface area contributed by atoms with Crippen molar-refractivity contribution in [3.8, 4) is 17.3 Å². The van der Waals surface area contributed by atoms with Crippen LogP contribution in [0.4, 0.5) is 5.69 Å². The summed E-state index contributed by atoms with van der Waals surface area (Å²) in [4.78, 5) is 21.1. The van der Waals surface area contributed by atoms with Gasteiger partial charge >= 0.3 is 0 Å². The van der Waals surface area contributed by atoms with Crippen molar-refractivity contribution in [1.82, 2.24) is 30.0 Å². The fourth-order valence-electron chi connectivity index (χ4n) is 3.85. The van der Waals surface area contributed by atoms with Crippen LogP contribution in [0.2, 0.25) is 0 Å². The molecule has 0 aliphatic carbocycles. The maximum absolute atomic E-state index is 12.9. The van der Waals surface area contributed by atoms with Crippen LogP contribution in [-0.4, -0.2) is 37.2 Å². The topological polar surface area (TPSA) is 107 Å². The van der Waals surface area contributed by atoms with Gasteiger partial charge in [0.1, 0.15) is 17.8 Å². The van der Waals surface area contributed by atoms with E-state index in [0.29, 0.717) is 30.2 Å². The van der Waals surface area contributed by atoms with E-state index in [0.717, 1.165) is 29.2 Å². The zero-order valence-electron chi connectivity index (χ0n) is 18.1. The molecule has 2 aromatic heterocycles. The molecule has 0 spiro atoms. The first kappa shape index (κ1) is 20.6. The Morgan fingerprint density at radius 1 is 1.15 bits per heavy atom. The normalized spacial score (nSPS) is 14.8. The second-order valence-corrected chi connectivity index (χ2v) is 7.73. The van der Waals surface area contributed by atoms with Crippen molar-refractivity contribution in [2.45, 2.75) is 19.0 Å². The van der Waals surface area contributed by atoms with Crippen LogP contribution < -0.4 is 15.4 Å². The number of nitrogens with one attached hydrogen (secondary N) is 2. The highest BCUT2D eigenvalue weighted by Crippen LogP contribution is 2.31. The van der Waals surface area contributed by atoms with Crippen LogP contribution in [0.3, 0.4) is 0 Å². The van der Waals surface area contributed by atoms with Gasteiger partial charge in [0.2, 0.25) is 0 Å². The third kappa shape index (κ3) is 4.38. The number of amides is 1. The van der Waals surface area contributed by atoms with E-state index in [-0.39, 0.29) is 11.9 Å². The van der Waals surface area contributed by atoms with Crippen LogP contribution in [-0.2, 0) is 13.6 Å². The van der Waals surface area contributed by atoms with E-state index in [1.54, 1.807) is 18.3 Å². The van der Waals surface area contributed by atoms with Crippen LogP contribution in [0.15, 0.2) is 67.1 Å². The van der Waals surface area contributed by atoms with Gasteiger partial charge in [-0.15, -0.1) is 10.2 Å². The summed E-state index contributed by atoms with van der Waals surface area (Å²) in [7, 11) is 1.89. The van der Waals surface area contributed by atoms with Gasteiger partial charge in [0.25, 0.3) is 5.91 Å². The molecule has 9 heteroatoms. The first-order valence-electron chi connectivity index (χ1n) is 10.7. The molecule has 1 aliphatic rings. The number of fused-ring (bicyclic) bond motifs is 1. The second-order valence-electron chi connectivity index (χ2n) is 7.73. The van der Waals surface area contributed by atoms with E-state index in [9.17, 15) is 4.79 Å². The highest BCUT2D eigenvalue weighted by Gasteiger charge is 2.23. The standard InChI is InChI=1S/C24H23N7O2/c1-31-22(29-30-23(31)20-9-11-25-15-27-20)14-26-17-6-4-5-16(13-17)24(32)28-19-10-12-33-21-8-3-2-7-18(19)21/h2-9,11,13,15,19,26H,10,12,14H2,1H3,(H,28,32)/t19-/m0/s1. The van der Waals surface area contributed by atoms with Crippen molar-refractivity contribution < 1.29 is 9.53 Å². The van der Waals surface area contributed by atoms with E-state index in [1.807, 2.05) is 54.1 Å². The summed E-state index contributed by atoms with van der Waals surface area (Å²) in [6, 6.07) is 17.0. The summed E-state index contributed by atoms with van der Waals surface area (Å²) >= 11 is 0. The molecule has 1 aliphatic heterocycles. The zero-order chi connectivity index (χ0) is 22.6. The Hall–Kier alpha value is -4.27. The number of carbonyl (C=O) groups excluding carboxylic acids is 1. The Labute approximate surface area is 190 Å².